The predicted molar refractivity (Wildman–Crippen MR) is 90.2 cm³/mol. The Bertz CT molecular complexity index is 632. The summed E-state index contributed by atoms with van der Waals surface area (Å²) in [7, 11) is 0. The van der Waals surface area contributed by atoms with Gasteiger partial charge in [0, 0.05) is 11.8 Å². The molecular weight excluding hydrogens is 300 g/mol. The van der Waals surface area contributed by atoms with E-state index in [0.29, 0.717) is 12.2 Å². The highest BCUT2D eigenvalue weighted by atomic mass is 16.2. The summed E-state index contributed by atoms with van der Waals surface area (Å²) in [5, 5.41) is 0. The van der Waals surface area contributed by atoms with Crippen molar-refractivity contribution in [2.45, 2.75) is 58.8 Å². The fourth-order valence-corrected chi connectivity index (χ4v) is 5.74. The van der Waals surface area contributed by atoms with E-state index < -0.39 is 0 Å². The molecule has 0 heterocycles. The summed E-state index contributed by atoms with van der Waals surface area (Å²) in [6, 6.07) is 6.53. The van der Waals surface area contributed by atoms with E-state index >= 15 is 0 Å². The largest absolute Gasteiger partial charge is 0.373 e. The first-order valence-corrected chi connectivity index (χ1v) is 9.04. The quantitative estimate of drug-likeness (QED) is 0.842. The van der Waals surface area contributed by atoms with Gasteiger partial charge in [-0.15, -0.1) is 0 Å². The molecule has 3 nitrogen and oxygen atoms in total. The number of aryl methyl sites for hydroxylation is 2. The van der Waals surface area contributed by atoms with Gasteiger partial charge in [0.15, 0.2) is 0 Å². The van der Waals surface area contributed by atoms with Crippen LogP contribution in [0.15, 0.2) is 18.2 Å². The molecule has 4 bridgehead atoms. The van der Waals surface area contributed by atoms with Gasteiger partial charge in [-0.05, 0) is 86.8 Å². The van der Waals surface area contributed by atoms with E-state index in [1.807, 2.05) is 0 Å². The zero-order valence-corrected chi connectivity index (χ0v) is 14.6. The highest BCUT2D eigenvalue weighted by Crippen LogP contribution is 2.60. The summed E-state index contributed by atoms with van der Waals surface area (Å²) in [5.74, 6) is 3.13. The van der Waals surface area contributed by atoms with Gasteiger partial charge in [-0.3, -0.25) is 4.79 Å². The minimum absolute atomic E-state index is 0.0630. The zero-order chi connectivity index (χ0) is 17.3. The Balaban J connectivity index is 0.000000526. The minimum Gasteiger partial charge on any atom is -0.299 e. The smallest absolute Gasteiger partial charge is 0.299 e. The number of ketones is 1. The monoisotopic (exact) mass is 326 g/mol. The Morgan fingerprint density at radius 2 is 1.50 bits per heavy atom. The van der Waals surface area contributed by atoms with Crippen molar-refractivity contribution >= 4 is 11.9 Å². The highest BCUT2D eigenvalue weighted by Gasteiger charge is 2.53. The van der Waals surface area contributed by atoms with Crippen molar-refractivity contribution in [2.75, 3.05) is 0 Å². The predicted octanol–water partition coefficient (Wildman–Crippen LogP) is 4.05. The molecule has 0 unspecified atom stereocenters. The Kier molecular flexibility index (Phi) is 4.73. The molecule has 24 heavy (non-hydrogen) atoms. The number of carbonyl (C=O) groups excluding carboxylic acids is 3. The van der Waals surface area contributed by atoms with Crippen molar-refractivity contribution in [3.8, 4) is 0 Å². The molecule has 0 radical (unpaired) electrons. The van der Waals surface area contributed by atoms with Crippen LogP contribution in [-0.4, -0.2) is 11.9 Å². The Labute approximate surface area is 143 Å². The SMILES string of the molecule is Cc1ccc(CC(=O)C23CC4CC(CC(C4)C2)C3)cc1C.O=C=O. The van der Waals surface area contributed by atoms with Crippen molar-refractivity contribution in [1.82, 2.24) is 0 Å². The van der Waals surface area contributed by atoms with Crippen LogP contribution in [0.25, 0.3) is 0 Å². The second kappa shape index (κ2) is 6.64. The maximum atomic E-state index is 13.1. The van der Waals surface area contributed by atoms with Crippen LogP contribution in [-0.2, 0) is 20.8 Å². The lowest BCUT2D eigenvalue weighted by Crippen LogP contribution is -2.50. The van der Waals surface area contributed by atoms with Gasteiger partial charge in [0.1, 0.15) is 5.78 Å². The number of hydrogen-bond acceptors (Lipinski definition) is 3. The fourth-order valence-electron chi connectivity index (χ4n) is 5.74. The summed E-state index contributed by atoms with van der Waals surface area (Å²) < 4.78 is 0. The molecule has 0 atom stereocenters. The zero-order valence-electron chi connectivity index (χ0n) is 14.6. The third-order valence-electron chi connectivity index (χ3n) is 6.57. The number of rotatable bonds is 3. The van der Waals surface area contributed by atoms with Crippen LogP contribution in [0.5, 0.6) is 0 Å². The molecule has 4 fully saturated rings. The molecule has 3 heteroatoms. The third kappa shape index (κ3) is 3.23. The van der Waals surface area contributed by atoms with Crippen molar-refractivity contribution in [3.63, 3.8) is 0 Å². The first kappa shape index (κ1) is 17.1. The Morgan fingerprint density at radius 1 is 1.00 bits per heavy atom. The van der Waals surface area contributed by atoms with E-state index in [4.69, 9.17) is 9.59 Å². The van der Waals surface area contributed by atoms with Crippen LogP contribution in [0.2, 0.25) is 0 Å². The molecule has 0 saturated heterocycles. The lowest BCUT2D eigenvalue weighted by Gasteiger charge is -2.56. The van der Waals surface area contributed by atoms with Gasteiger partial charge in [-0.1, -0.05) is 18.2 Å². The fraction of sp³-hybridized carbons (Fsp3) is 0.619. The number of carbonyl (C=O) groups is 1. The lowest BCUT2D eigenvalue weighted by molar-refractivity contribution is -0.191. The summed E-state index contributed by atoms with van der Waals surface area (Å²) >= 11 is 0. The molecule has 0 spiro atoms. The van der Waals surface area contributed by atoms with Gasteiger partial charge in [0.25, 0.3) is 0 Å². The number of benzene rings is 1. The first-order valence-electron chi connectivity index (χ1n) is 9.04. The van der Waals surface area contributed by atoms with Crippen LogP contribution in [0.4, 0.5) is 0 Å². The molecule has 0 aromatic heterocycles. The van der Waals surface area contributed by atoms with Crippen molar-refractivity contribution in [1.29, 1.82) is 0 Å². The summed E-state index contributed by atoms with van der Waals surface area (Å²) in [5.41, 5.74) is 3.92. The van der Waals surface area contributed by atoms with Crippen LogP contribution < -0.4 is 0 Å². The van der Waals surface area contributed by atoms with Gasteiger partial charge in [-0.25, -0.2) is 0 Å². The molecule has 1 aromatic carbocycles. The van der Waals surface area contributed by atoms with Gasteiger partial charge in [0.05, 0.1) is 0 Å². The maximum Gasteiger partial charge on any atom is 0.373 e. The average Bonchev–Trinajstić information content (AvgIpc) is 2.50. The van der Waals surface area contributed by atoms with Gasteiger partial charge >= 0.3 is 6.15 Å². The van der Waals surface area contributed by atoms with Crippen molar-refractivity contribution in [2.24, 2.45) is 23.2 Å². The first-order chi connectivity index (χ1) is 11.5. The molecule has 1 aromatic rings. The van der Waals surface area contributed by atoms with Gasteiger partial charge in [-0.2, -0.15) is 9.59 Å². The molecule has 128 valence electrons. The highest BCUT2D eigenvalue weighted by molar-refractivity contribution is 5.87. The number of Topliss-reactive ketones (excluding diaryl/α,β-unsaturated/α-hetero) is 1. The van der Waals surface area contributed by atoms with Crippen LogP contribution in [0.3, 0.4) is 0 Å². The van der Waals surface area contributed by atoms with Crippen LogP contribution in [0, 0.1) is 37.0 Å². The van der Waals surface area contributed by atoms with Crippen LogP contribution in [0.1, 0.15) is 55.2 Å². The molecule has 0 N–H and O–H groups in total. The number of hydrogen-bond donors (Lipinski definition) is 0. The average molecular weight is 326 g/mol. The van der Waals surface area contributed by atoms with E-state index in [1.165, 1.54) is 55.2 Å². The van der Waals surface area contributed by atoms with Gasteiger partial charge in [0.2, 0.25) is 0 Å². The molecule has 0 aliphatic heterocycles. The molecule has 4 aliphatic rings. The van der Waals surface area contributed by atoms with E-state index in [2.05, 4.69) is 32.0 Å². The van der Waals surface area contributed by atoms with E-state index in [9.17, 15) is 4.79 Å². The molecule has 4 saturated carbocycles. The maximum absolute atomic E-state index is 13.1. The standard InChI is InChI=1S/C20H26O.CO2/c1-13-3-4-15(5-14(13)2)9-19(21)20-10-16-6-17(11-20)8-18(7-16)12-20;2-1-3/h3-5,16-18H,6-12H2,1-2H3;. The summed E-state index contributed by atoms with van der Waals surface area (Å²) in [6.45, 7) is 4.29. The summed E-state index contributed by atoms with van der Waals surface area (Å²) in [4.78, 5) is 29.3. The van der Waals surface area contributed by atoms with Crippen molar-refractivity contribution in [3.05, 3.63) is 34.9 Å². The molecule has 4 aliphatic carbocycles. The summed E-state index contributed by atoms with van der Waals surface area (Å²) in [6.07, 6.45) is 8.74. The molecule has 0 amide bonds. The normalized spacial score (nSPS) is 32.7. The van der Waals surface area contributed by atoms with Gasteiger partial charge < -0.3 is 0 Å². The Hall–Kier alpha value is -1.73. The topological polar surface area (TPSA) is 51.2 Å². The van der Waals surface area contributed by atoms with E-state index in [0.717, 1.165) is 17.8 Å². The third-order valence-corrected chi connectivity index (χ3v) is 6.57. The van der Waals surface area contributed by atoms with E-state index in [-0.39, 0.29) is 11.6 Å². The van der Waals surface area contributed by atoms with E-state index in [1.54, 1.807) is 0 Å². The van der Waals surface area contributed by atoms with Crippen molar-refractivity contribution < 1.29 is 14.4 Å². The molecular formula is C21H26O3. The molecule has 5 rings (SSSR count). The lowest BCUT2D eigenvalue weighted by atomic mass is 9.48. The van der Waals surface area contributed by atoms with Crippen LogP contribution >= 0.6 is 0 Å². The second-order valence-corrected chi connectivity index (χ2v) is 8.30. The second-order valence-electron chi connectivity index (χ2n) is 8.30. The minimum atomic E-state index is 0.0630. The Morgan fingerprint density at radius 3 is 1.96 bits per heavy atom.